The predicted octanol–water partition coefficient (Wildman–Crippen LogP) is 2.05. The van der Waals surface area contributed by atoms with Crippen molar-refractivity contribution in [2.75, 3.05) is 6.54 Å². The van der Waals surface area contributed by atoms with E-state index in [0.717, 1.165) is 12.4 Å². The Balaban J connectivity index is 2.63. The number of nitrogens with two attached hydrogens (primary N) is 1. The molecule has 0 aliphatic carbocycles. The molecule has 0 aromatic rings. The molecule has 0 amide bonds. The van der Waals surface area contributed by atoms with Crippen LogP contribution in [0.25, 0.3) is 0 Å². The van der Waals surface area contributed by atoms with Crippen molar-refractivity contribution in [3.8, 4) is 0 Å². The molecule has 12 heavy (non-hydrogen) atoms. The second kappa shape index (κ2) is 3.92. The number of rotatable bonds is 1. The van der Waals surface area contributed by atoms with Crippen LogP contribution in [0.15, 0.2) is 4.99 Å². The monoisotopic (exact) mass is 168 g/mol. The van der Waals surface area contributed by atoms with Crippen molar-refractivity contribution in [3.05, 3.63) is 0 Å². The van der Waals surface area contributed by atoms with Gasteiger partial charge in [0.1, 0.15) is 0 Å². The molecule has 70 valence electrons. The average Bonchev–Trinajstić information content (AvgIpc) is 2.14. The maximum absolute atomic E-state index is 5.89. The van der Waals surface area contributed by atoms with Crippen molar-refractivity contribution < 1.29 is 0 Å². The van der Waals surface area contributed by atoms with Crippen LogP contribution in [-0.2, 0) is 0 Å². The Morgan fingerprint density at radius 3 is 2.67 bits per heavy atom. The normalized spacial score (nSPS) is 31.5. The van der Waals surface area contributed by atoms with Crippen LogP contribution in [0.2, 0.25) is 0 Å². The minimum Gasteiger partial charge on any atom is -0.387 e. The molecule has 0 bridgehead atoms. The van der Waals surface area contributed by atoms with Crippen molar-refractivity contribution in [2.45, 2.75) is 33.6 Å². The second-order valence-electron chi connectivity index (χ2n) is 4.30. The first kappa shape index (κ1) is 9.56. The zero-order valence-electron chi connectivity index (χ0n) is 8.38. The number of hydrogen-bond acceptors (Lipinski definition) is 2. The molecule has 0 aromatic carbocycles. The fraction of sp³-hybridized carbons (Fsp3) is 0.900. The lowest BCUT2D eigenvalue weighted by Gasteiger charge is -2.18. The first-order chi connectivity index (χ1) is 5.61. The molecule has 1 unspecified atom stereocenters. The Kier molecular flexibility index (Phi) is 3.12. The maximum Gasteiger partial charge on any atom is 0.0971 e. The molecule has 0 saturated carbocycles. The molecule has 2 atom stereocenters. The van der Waals surface area contributed by atoms with Gasteiger partial charge < -0.3 is 5.73 Å². The van der Waals surface area contributed by atoms with Crippen molar-refractivity contribution in [1.82, 2.24) is 0 Å². The molecule has 2 heteroatoms. The molecular weight excluding hydrogens is 148 g/mol. The molecule has 0 aromatic heterocycles. The SMILES string of the molecule is CC1CC[C@@H](C(C)C)C(N)=NC1. The average molecular weight is 168 g/mol. The zero-order chi connectivity index (χ0) is 9.14. The van der Waals surface area contributed by atoms with Crippen LogP contribution in [0.3, 0.4) is 0 Å². The summed E-state index contributed by atoms with van der Waals surface area (Å²) < 4.78 is 0. The smallest absolute Gasteiger partial charge is 0.0971 e. The maximum atomic E-state index is 5.89. The highest BCUT2D eigenvalue weighted by Crippen LogP contribution is 2.23. The Morgan fingerprint density at radius 1 is 1.42 bits per heavy atom. The van der Waals surface area contributed by atoms with Gasteiger partial charge in [0.25, 0.3) is 0 Å². The highest BCUT2D eigenvalue weighted by atomic mass is 14.9. The largest absolute Gasteiger partial charge is 0.387 e. The molecule has 1 heterocycles. The Morgan fingerprint density at radius 2 is 2.08 bits per heavy atom. The van der Waals surface area contributed by atoms with Crippen LogP contribution in [0.5, 0.6) is 0 Å². The van der Waals surface area contributed by atoms with Gasteiger partial charge in [0.2, 0.25) is 0 Å². The third-order valence-corrected chi connectivity index (χ3v) is 2.74. The summed E-state index contributed by atoms with van der Waals surface area (Å²) >= 11 is 0. The van der Waals surface area contributed by atoms with Gasteiger partial charge in [-0.2, -0.15) is 0 Å². The zero-order valence-corrected chi connectivity index (χ0v) is 8.38. The Hall–Kier alpha value is -0.530. The predicted molar refractivity (Wildman–Crippen MR) is 53.2 cm³/mol. The van der Waals surface area contributed by atoms with E-state index in [1.54, 1.807) is 0 Å². The van der Waals surface area contributed by atoms with Gasteiger partial charge in [-0.15, -0.1) is 0 Å². The molecule has 1 aliphatic rings. The first-order valence-electron chi connectivity index (χ1n) is 4.91. The minimum atomic E-state index is 0.523. The van der Waals surface area contributed by atoms with E-state index >= 15 is 0 Å². The van der Waals surface area contributed by atoms with Gasteiger partial charge in [-0.1, -0.05) is 20.8 Å². The Bertz CT molecular complexity index is 173. The summed E-state index contributed by atoms with van der Waals surface area (Å²) in [4.78, 5) is 4.40. The van der Waals surface area contributed by atoms with Crippen molar-refractivity contribution in [1.29, 1.82) is 0 Å². The van der Waals surface area contributed by atoms with E-state index in [0.29, 0.717) is 17.8 Å². The van der Waals surface area contributed by atoms with Crippen LogP contribution in [0.4, 0.5) is 0 Å². The van der Waals surface area contributed by atoms with Gasteiger partial charge in [-0.25, -0.2) is 0 Å². The molecule has 2 N–H and O–H groups in total. The van der Waals surface area contributed by atoms with Crippen LogP contribution in [-0.4, -0.2) is 12.4 Å². The number of amidine groups is 1. The number of nitrogens with zero attached hydrogens (tertiary/aromatic N) is 1. The fourth-order valence-electron chi connectivity index (χ4n) is 1.76. The summed E-state index contributed by atoms with van der Waals surface area (Å²) in [6.45, 7) is 7.63. The van der Waals surface area contributed by atoms with Gasteiger partial charge >= 0.3 is 0 Å². The van der Waals surface area contributed by atoms with E-state index < -0.39 is 0 Å². The lowest BCUT2D eigenvalue weighted by Crippen LogP contribution is -2.27. The van der Waals surface area contributed by atoms with Crippen LogP contribution in [0.1, 0.15) is 33.6 Å². The van der Waals surface area contributed by atoms with E-state index in [4.69, 9.17) is 5.73 Å². The molecule has 0 radical (unpaired) electrons. The van der Waals surface area contributed by atoms with Gasteiger partial charge in [0, 0.05) is 12.5 Å². The summed E-state index contributed by atoms with van der Waals surface area (Å²) in [6, 6.07) is 0. The summed E-state index contributed by atoms with van der Waals surface area (Å²) in [5.41, 5.74) is 5.89. The van der Waals surface area contributed by atoms with E-state index in [2.05, 4.69) is 25.8 Å². The van der Waals surface area contributed by atoms with E-state index in [1.807, 2.05) is 0 Å². The van der Waals surface area contributed by atoms with Crippen LogP contribution < -0.4 is 5.73 Å². The third-order valence-electron chi connectivity index (χ3n) is 2.74. The topological polar surface area (TPSA) is 38.4 Å². The molecule has 0 fully saturated rings. The highest BCUT2D eigenvalue weighted by Gasteiger charge is 2.21. The molecule has 0 saturated heterocycles. The van der Waals surface area contributed by atoms with Gasteiger partial charge in [0.05, 0.1) is 5.84 Å². The molecule has 2 nitrogen and oxygen atoms in total. The summed E-state index contributed by atoms with van der Waals surface area (Å²) in [6.07, 6.45) is 2.49. The Labute approximate surface area is 75.3 Å². The number of aliphatic imine (C=N–C) groups is 1. The van der Waals surface area contributed by atoms with Crippen molar-refractivity contribution in [2.24, 2.45) is 28.5 Å². The fourth-order valence-corrected chi connectivity index (χ4v) is 1.76. The van der Waals surface area contributed by atoms with Gasteiger partial charge in [-0.3, -0.25) is 4.99 Å². The number of hydrogen-bond donors (Lipinski definition) is 1. The van der Waals surface area contributed by atoms with E-state index in [-0.39, 0.29) is 0 Å². The van der Waals surface area contributed by atoms with Gasteiger partial charge in [0.15, 0.2) is 0 Å². The molecular formula is C10H20N2. The summed E-state index contributed by atoms with van der Waals surface area (Å²) in [7, 11) is 0. The minimum absolute atomic E-state index is 0.523. The molecule has 0 spiro atoms. The lowest BCUT2D eigenvalue weighted by atomic mass is 9.89. The highest BCUT2D eigenvalue weighted by molar-refractivity contribution is 5.83. The van der Waals surface area contributed by atoms with E-state index in [9.17, 15) is 0 Å². The molecule has 1 aliphatic heterocycles. The van der Waals surface area contributed by atoms with Crippen molar-refractivity contribution >= 4 is 5.84 Å². The van der Waals surface area contributed by atoms with Crippen molar-refractivity contribution in [3.63, 3.8) is 0 Å². The first-order valence-corrected chi connectivity index (χ1v) is 4.91. The standard InChI is InChI=1S/C10H20N2/c1-7(2)9-5-4-8(3)6-12-10(9)11/h7-9H,4-6H2,1-3H3,(H2,11,12)/t8?,9-/m0/s1. The summed E-state index contributed by atoms with van der Waals surface area (Å²) in [5.74, 6) is 2.76. The third kappa shape index (κ3) is 2.23. The van der Waals surface area contributed by atoms with Crippen LogP contribution >= 0.6 is 0 Å². The summed E-state index contributed by atoms with van der Waals surface area (Å²) in [5, 5.41) is 0. The van der Waals surface area contributed by atoms with E-state index in [1.165, 1.54) is 12.8 Å². The van der Waals surface area contributed by atoms with Crippen LogP contribution in [0, 0.1) is 17.8 Å². The lowest BCUT2D eigenvalue weighted by molar-refractivity contribution is 0.421. The van der Waals surface area contributed by atoms with Gasteiger partial charge in [-0.05, 0) is 24.7 Å². The molecule has 1 rings (SSSR count). The second-order valence-corrected chi connectivity index (χ2v) is 4.30. The quantitative estimate of drug-likeness (QED) is 0.639.